The minimum Gasteiger partial charge on any atom is -0.508 e. The minimum absolute atomic E-state index is 0.0211. The normalized spacial score (nSPS) is 14.3. The molecule has 0 saturated heterocycles. The summed E-state index contributed by atoms with van der Waals surface area (Å²) in [6.07, 6.45) is -0.0211. The third-order valence-corrected chi connectivity index (χ3v) is 4.67. The van der Waals surface area contributed by atoms with Crippen molar-refractivity contribution >= 4 is 22.1 Å². The maximum absolute atomic E-state index is 10.2. The fourth-order valence-electron chi connectivity index (χ4n) is 3.43. The van der Waals surface area contributed by atoms with Gasteiger partial charge in [-0.05, 0) is 46.2 Å². The number of hydrogen-bond donors (Lipinski definition) is 3. The van der Waals surface area contributed by atoms with Crippen LogP contribution in [0.2, 0.25) is 0 Å². The highest BCUT2D eigenvalue weighted by Gasteiger charge is 2.23. The summed E-state index contributed by atoms with van der Waals surface area (Å²) in [6, 6.07) is 18.5. The first-order chi connectivity index (χ1) is 11.4. The molecule has 0 radical (unpaired) electrons. The lowest BCUT2D eigenvalue weighted by molar-refractivity contribution is 0.446. The van der Waals surface area contributed by atoms with Crippen LogP contribution >= 0.6 is 0 Å². The second-order valence-electron chi connectivity index (χ2n) is 7.46. The summed E-state index contributed by atoms with van der Waals surface area (Å²) < 4.78 is 0. The standard InChI is InChI=1S/C21H22N2O/c1-21(2,3)15-12-14(10-11-18(15)24)20-22-16-8-4-6-13-7-5-9-17(23-20)19(13)16/h4-12,20,22-24H,1-3H3. The summed E-state index contributed by atoms with van der Waals surface area (Å²) in [5.41, 5.74) is 4.24. The molecule has 0 spiro atoms. The molecule has 1 aliphatic heterocycles. The van der Waals surface area contributed by atoms with Gasteiger partial charge in [-0.3, -0.25) is 0 Å². The summed E-state index contributed by atoms with van der Waals surface area (Å²) in [7, 11) is 0. The SMILES string of the molecule is CC(C)(C)c1cc(C2Nc3cccc4cccc(c34)N2)ccc1O. The number of nitrogens with one attached hydrogen (secondary N) is 2. The average molecular weight is 318 g/mol. The van der Waals surface area contributed by atoms with Gasteiger partial charge >= 0.3 is 0 Å². The second kappa shape index (κ2) is 5.17. The Bertz CT molecular complexity index is 884. The van der Waals surface area contributed by atoms with Crippen LogP contribution in [0.1, 0.15) is 38.1 Å². The second-order valence-corrected chi connectivity index (χ2v) is 7.46. The predicted octanol–water partition coefficient (Wildman–Crippen LogP) is 5.38. The number of anilines is 2. The summed E-state index contributed by atoms with van der Waals surface area (Å²) in [4.78, 5) is 0. The first-order valence-corrected chi connectivity index (χ1v) is 8.32. The molecule has 0 saturated carbocycles. The zero-order valence-electron chi connectivity index (χ0n) is 14.2. The summed E-state index contributed by atoms with van der Waals surface area (Å²) in [5.74, 6) is 0.351. The number of hydrogen-bond acceptors (Lipinski definition) is 3. The van der Waals surface area contributed by atoms with Crippen molar-refractivity contribution in [3.63, 3.8) is 0 Å². The number of benzene rings is 3. The smallest absolute Gasteiger partial charge is 0.123 e. The van der Waals surface area contributed by atoms with E-state index in [4.69, 9.17) is 0 Å². The Labute approximate surface area is 142 Å². The van der Waals surface area contributed by atoms with E-state index < -0.39 is 0 Å². The van der Waals surface area contributed by atoms with Crippen molar-refractivity contribution in [2.45, 2.75) is 32.4 Å². The number of phenols is 1. The molecular formula is C21H22N2O. The molecule has 0 fully saturated rings. The van der Waals surface area contributed by atoms with Crippen molar-refractivity contribution in [3.05, 3.63) is 65.7 Å². The van der Waals surface area contributed by atoms with Crippen LogP contribution in [0.5, 0.6) is 5.75 Å². The molecule has 1 aliphatic rings. The van der Waals surface area contributed by atoms with E-state index in [2.05, 4.69) is 73.9 Å². The van der Waals surface area contributed by atoms with Gasteiger partial charge in [0.15, 0.2) is 0 Å². The highest BCUT2D eigenvalue weighted by Crippen LogP contribution is 2.40. The van der Waals surface area contributed by atoms with E-state index in [1.54, 1.807) is 6.07 Å². The van der Waals surface area contributed by atoms with Crippen molar-refractivity contribution in [1.82, 2.24) is 0 Å². The molecule has 3 N–H and O–H groups in total. The molecular weight excluding hydrogens is 296 g/mol. The van der Waals surface area contributed by atoms with Crippen LogP contribution in [0.4, 0.5) is 11.4 Å². The van der Waals surface area contributed by atoms with Crippen molar-refractivity contribution in [2.24, 2.45) is 0 Å². The Hall–Kier alpha value is -2.68. The molecule has 0 bridgehead atoms. The highest BCUT2D eigenvalue weighted by molar-refractivity contribution is 6.04. The minimum atomic E-state index is -0.104. The Balaban J connectivity index is 1.78. The molecule has 3 aromatic rings. The lowest BCUT2D eigenvalue weighted by Crippen LogP contribution is -2.24. The van der Waals surface area contributed by atoms with Crippen LogP contribution in [0, 0.1) is 0 Å². The van der Waals surface area contributed by atoms with Gasteiger partial charge in [0.05, 0.1) is 0 Å². The first kappa shape index (κ1) is 14.9. The van der Waals surface area contributed by atoms with E-state index in [0.717, 1.165) is 22.5 Å². The Morgan fingerprint density at radius 3 is 2.08 bits per heavy atom. The van der Waals surface area contributed by atoms with E-state index in [1.807, 2.05) is 6.07 Å². The fraction of sp³-hybridized carbons (Fsp3) is 0.238. The van der Waals surface area contributed by atoms with Gasteiger partial charge in [-0.1, -0.05) is 51.1 Å². The van der Waals surface area contributed by atoms with Crippen molar-refractivity contribution in [1.29, 1.82) is 0 Å². The lowest BCUT2D eigenvalue weighted by Gasteiger charge is -2.31. The third-order valence-electron chi connectivity index (χ3n) is 4.67. The van der Waals surface area contributed by atoms with Crippen LogP contribution in [0.15, 0.2) is 54.6 Å². The average Bonchev–Trinajstić information content (AvgIpc) is 2.54. The molecule has 0 amide bonds. The van der Waals surface area contributed by atoms with Crippen LogP contribution < -0.4 is 10.6 Å². The van der Waals surface area contributed by atoms with Gasteiger partial charge in [0.1, 0.15) is 11.9 Å². The Morgan fingerprint density at radius 1 is 0.875 bits per heavy atom. The number of rotatable bonds is 1. The summed E-state index contributed by atoms with van der Waals surface area (Å²) in [5, 5.41) is 19.8. The van der Waals surface area contributed by atoms with Crippen molar-refractivity contribution in [3.8, 4) is 5.75 Å². The molecule has 122 valence electrons. The van der Waals surface area contributed by atoms with Crippen molar-refractivity contribution in [2.75, 3.05) is 10.6 Å². The molecule has 0 aromatic heterocycles. The number of aromatic hydroxyl groups is 1. The molecule has 0 unspecified atom stereocenters. The van der Waals surface area contributed by atoms with Crippen LogP contribution in [0.25, 0.3) is 10.8 Å². The van der Waals surface area contributed by atoms with E-state index in [-0.39, 0.29) is 11.6 Å². The summed E-state index contributed by atoms with van der Waals surface area (Å²) >= 11 is 0. The van der Waals surface area contributed by atoms with Gasteiger partial charge in [-0.15, -0.1) is 0 Å². The van der Waals surface area contributed by atoms with Gasteiger partial charge in [-0.2, -0.15) is 0 Å². The zero-order valence-corrected chi connectivity index (χ0v) is 14.2. The van der Waals surface area contributed by atoms with Gasteiger partial charge in [0.2, 0.25) is 0 Å². The molecule has 3 aromatic carbocycles. The lowest BCUT2D eigenvalue weighted by atomic mass is 9.85. The molecule has 1 heterocycles. The third kappa shape index (κ3) is 2.37. The predicted molar refractivity (Wildman–Crippen MR) is 101 cm³/mol. The number of phenolic OH excluding ortho intramolecular Hbond substituents is 1. The van der Waals surface area contributed by atoms with Crippen LogP contribution in [-0.4, -0.2) is 5.11 Å². The molecule has 0 aliphatic carbocycles. The van der Waals surface area contributed by atoms with E-state index in [0.29, 0.717) is 5.75 Å². The van der Waals surface area contributed by atoms with Gasteiger partial charge in [0, 0.05) is 16.8 Å². The monoisotopic (exact) mass is 318 g/mol. The molecule has 24 heavy (non-hydrogen) atoms. The molecule has 0 atom stereocenters. The summed E-state index contributed by atoms with van der Waals surface area (Å²) in [6.45, 7) is 6.34. The van der Waals surface area contributed by atoms with E-state index >= 15 is 0 Å². The van der Waals surface area contributed by atoms with E-state index in [1.165, 1.54) is 10.8 Å². The first-order valence-electron chi connectivity index (χ1n) is 8.32. The fourth-order valence-corrected chi connectivity index (χ4v) is 3.43. The van der Waals surface area contributed by atoms with E-state index in [9.17, 15) is 5.11 Å². The Morgan fingerprint density at radius 2 is 1.50 bits per heavy atom. The van der Waals surface area contributed by atoms with Gasteiger partial charge in [-0.25, -0.2) is 0 Å². The zero-order chi connectivity index (χ0) is 16.9. The van der Waals surface area contributed by atoms with Gasteiger partial charge < -0.3 is 15.7 Å². The van der Waals surface area contributed by atoms with Crippen LogP contribution in [0.3, 0.4) is 0 Å². The topological polar surface area (TPSA) is 44.3 Å². The Kier molecular flexibility index (Phi) is 3.20. The highest BCUT2D eigenvalue weighted by atomic mass is 16.3. The quantitative estimate of drug-likeness (QED) is 0.564. The largest absolute Gasteiger partial charge is 0.508 e. The molecule has 3 nitrogen and oxygen atoms in total. The molecule has 3 heteroatoms. The van der Waals surface area contributed by atoms with Crippen molar-refractivity contribution < 1.29 is 5.11 Å². The maximum atomic E-state index is 10.2. The maximum Gasteiger partial charge on any atom is 0.123 e. The van der Waals surface area contributed by atoms with Crippen LogP contribution in [-0.2, 0) is 5.41 Å². The molecule has 4 rings (SSSR count). The van der Waals surface area contributed by atoms with Gasteiger partial charge in [0.25, 0.3) is 0 Å².